The number of nitrogens with zero attached hydrogens (tertiary/aromatic N) is 2. The molecule has 1 aliphatic rings. The molecule has 1 aliphatic heterocycles. The second-order valence-electron chi connectivity index (χ2n) is 6.19. The Hall–Kier alpha value is -2.26. The third-order valence-corrected chi connectivity index (χ3v) is 4.79. The first kappa shape index (κ1) is 22.0. The number of halogens is 3. The van der Waals surface area contributed by atoms with Gasteiger partial charge in [-0.25, -0.2) is 4.98 Å². The smallest absolute Gasteiger partial charge is 0.419 e. The first-order valence-corrected chi connectivity index (χ1v) is 9.46. The highest BCUT2D eigenvalue weighted by Gasteiger charge is 2.35. The van der Waals surface area contributed by atoms with Crippen molar-refractivity contribution in [1.29, 1.82) is 0 Å². The van der Waals surface area contributed by atoms with Gasteiger partial charge in [-0.1, -0.05) is 29.5 Å². The number of pyridine rings is 1. The van der Waals surface area contributed by atoms with Crippen LogP contribution in [0.2, 0.25) is 0 Å². The van der Waals surface area contributed by atoms with Crippen molar-refractivity contribution >= 4 is 23.5 Å². The van der Waals surface area contributed by atoms with Gasteiger partial charge in [0.25, 0.3) is 5.97 Å². The SMILES string of the molecule is CC(=O)O.Cc1cccc(Sc2nc(N3CCNCC3)ccc2C(F)(F)F)c1. The molecule has 1 fully saturated rings. The summed E-state index contributed by atoms with van der Waals surface area (Å²) in [5.41, 5.74) is 0.319. The number of aryl methyl sites for hydroxylation is 1. The minimum Gasteiger partial charge on any atom is -0.481 e. The number of benzene rings is 1. The van der Waals surface area contributed by atoms with Crippen LogP contribution in [0.25, 0.3) is 0 Å². The number of alkyl halides is 3. The summed E-state index contributed by atoms with van der Waals surface area (Å²) in [5, 5.41) is 10.6. The Bertz CT molecular complexity index is 805. The Labute approximate surface area is 166 Å². The predicted molar refractivity (Wildman–Crippen MR) is 103 cm³/mol. The summed E-state index contributed by atoms with van der Waals surface area (Å²) < 4.78 is 40.0. The molecule has 1 aromatic carbocycles. The number of nitrogens with one attached hydrogen (secondary N) is 1. The quantitative estimate of drug-likeness (QED) is 0.791. The molecule has 28 heavy (non-hydrogen) atoms. The van der Waals surface area contributed by atoms with Crippen molar-refractivity contribution in [3.8, 4) is 0 Å². The van der Waals surface area contributed by atoms with Crippen molar-refractivity contribution in [2.75, 3.05) is 31.1 Å². The summed E-state index contributed by atoms with van der Waals surface area (Å²) in [7, 11) is 0. The van der Waals surface area contributed by atoms with E-state index in [0.717, 1.165) is 61.4 Å². The van der Waals surface area contributed by atoms with Gasteiger partial charge in [0.15, 0.2) is 0 Å². The molecule has 1 saturated heterocycles. The molecule has 2 heterocycles. The van der Waals surface area contributed by atoms with Gasteiger partial charge in [-0.15, -0.1) is 0 Å². The molecule has 152 valence electrons. The number of aliphatic carboxylic acids is 1. The molecule has 0 aliphatic carbocycles. The van der Waals surface area contributed by atoms with Crippen LogP contribution in [0.5, 0.6) is 0 Å². The highest BCUT2D eigenvalue weighted by molar-refractivity contribution is 7.99. The molecule has 1 aromatic heterocycles. The third kappa shape index (κ3) is 6.72. The second-order valence-corrected chi connectivity index (χ2v) is 7.26. The lowest BCUT2D eigenvalue weighted by atomic mass is 10.2. The van der Waals surface area contributed by atoms with Gasteiger partial charge in [-0.2, -0.15) is 13.2 Å². The number of hydrogen-bond donors (Lipinski definition) is 2. The molecule has 2 aromatic rings. The van der Waals surface area contributed by atoms with Crippen LogP contribution >= 0.6 is 11.8 Å². The molecule has 0 spiro atoms. The van der Waals surface area contributed by atoms with Crippen LogP contribution < -0.4 is 10.2 Å². The van der Waals surface area contributed by atoms with Crippen molar-refractivity contribution in [2.45, 2.75) is 29.9 Å². The molecule has 0 bridgehead atoms. The molecular weight excluding hydrogens is 391 g/mol. The van der Waals surface area contributed by atoms with E-state index in [4.69, 9.17) is 9.90 Å². The van der Waals surface area contributed by atoms with E-state index in [1.807, 2.05) is 30.0 Å². The van der Waals surface area contributed by atoms with Crippen LogP contribution in [0.1, 0.15) is 18.1 Å². The lowest BCUT2D eigenvalue weighted by molar-refractivity contribution is -0.140. The summed E-state index contributed by atoms with van der Waals surface area (Å²) in [6.45, 7) is 6.10. The number of hydrogen-bond acceptors (Lipinski definition) is 5. The largest absolute Gasteiger partial charge is 0.481 e. The van der Waals surface area contributed by atoms with E-state index in [9.17, 15) is 13.2 Å². The normalized spacial score (nSPS) is 14.2. The molecule has 9 heteroatoms. The van der Waals surface area contributed by atoms with Crippen LogP contribution in [-0.2, 0) is 11.0 Å². The van der Waals surface area contributed by atoms with Crippen molar-refractivity contribution in [3.63, 3.8) is 0 Å². The number of anilines is 1. The van der Waals surface area contributed by atoms with Gasteiger partial charge in [-0.3, -0.25) is 4.79 Å². The molecule has 0 radical (unpaired) electrons. The summed E-state index contributed by atoms with van der Waals surface area (Å²) in [5.74, 6) is -0.236. The Morgan fingerprint density at radius 2 is 1.86 bits per heavy atom. The Kier molecular flexibility index (Phi) is 7.70. The summed E-state index contributed by atoms with van der Waals surface area (Å²) in [6.07, 6.45) is -4.42. The molecule has 3 rings (SSSR count). The van der Waals surface area contributed by atoms with Crippen molar-refractivity contribution in [3.05, 3.63) is 47.5 Å². The summed E-state index contributed by atoms with van der Waals surface area (Å²) in [6, 6.07) is 10.0. The second kappa shape index (κ2) is 9.79. The minimum atomic E-state index is -4.42. The number of piperazine rings is 1. The van der Waals surface area contributed by atoms with Crippen LogP contribution in [0, 0.1) is 6.92 Å². The van der Waals surface area contributed by atoms with Crippen molar-refractivity contribution in [2.24, 2.45) is 0 Å². The summed E-state index contributed by atoms with van der Waals surface area (Å²) >= 11 is 1.06. The lowest BCUT2D eigenvalue weighted by Crippen LogP contribution is -2.44. The maximum absolute atomic E-state index is 13.3. The van der Waals surface area contributed by atoms with Crippen molar-refractivity contribution in [1.82, 2.24) is 10.3 Å². The fraction of sp³-hybridized carbons (Fsp3) is 0.368. The van der Waals surface area contributed by atoms with Gasteiger partial charge in [0.05, 0.1) is 5.56 Å². The number of carboxylic acids is 1. The highest BCUT2D eigenvalue weighted by Crippen LogP contribution is 2.39. The number of rotatable bonds is 3. The fourth-order valence-corrected chi connectivity index (χ4v) is 3.63. The predicted octanol–water partition coefficient (Wildman–Crippen LogP) is 4.06. The standard InChI is InChI=1S/C17H18F3N3S.C2H4O2/c1-12-3-2-4-13(11-12)24-16-14(17(18,19)20)5-6-15(22-16)23-9-7-21-8-10-23;1-2(3)4/h2-6,11,21H,7-10H2,1H3;1H3,(H,3,4). The molecule has 2 N–H and O–H groups in total. The Balaban J connectivity index is 0.000000640. The monoisotopic (exact) mass is 413 g/mol. The van der Waals surface area contributed by atoms with Gasteiger partial charge < -0.3 is 15.3 Å². The van der Waals surface area contributed by atoms with Gasteiger partial charge in [0.1, 0.15) is 10.8 Å². The van der Waals surface area contributed by atoms with Gasteiger partial charge in [0, 0.05) is 38.0 Å². The third-order valence-electron chi connectivity index (χ3n) is 3.80. The van der Waals surface area contributed by atoms with E-state index < -0.39 is 17.7 Å². The van der Waals surface area contributed by atoms with Crippen molar-refractivity contribution < 1.29 is 23.1 Å². The molecule has 5 nitrogen and oxygen atoms in total. The van der Waals surface area contributed by atoms with Crippen LogP contribution in [-0.4, -0.2) is 42.2 Å². The fourth-order valence-electron chi connectivity index (χ4n) is 2.58. The van der Waals surface area contributed by atoms with Gasteiger partial charge in [0.2, 0.25) is 0 Å². The van der Waals surface area contributed by atoms with E-state index in [-0.39, 0.29) is 5.03 Å². The molecule has 0 atom stereocenters. The van der Waals surface area contributed by atoms with Crippen LogP contribution in [0.3, 0.4) is 0 Å². The van der Waals surface area contributed by atoms with E-state index >= 15 is 0 Å². The molecular formula is C19H22F3N3O2S. The first-order chi connectivity index (χ1) is 13.2. The van der Waals surface area contributed by atoms with Crippen LogP contribution in [0.15, 0.2) is 46.3 Å². The Morgan fingerprint density at radius 3 is 2.43 bits per heavy atom. The molecule has 0 unspecified atom stereocenters. The minimum absolute atomic E-state index is 0.00383. The van der Waals surface area contributed by atoms with Gasteiger partial charge >= 0.3 is 6.18 Å². The lowest BCUT2D eigenvalue weighted by Gasteiger charge is -2.29. The zero-order valence-corrected chi connectivity index (χ0v) is 16.4. The zero-order valence-electron chi connectivity index (χ0n) is 15.6. The maximum Gasteiger partial charge on any atom is 0.419 e. The number of carbonyl (C=O) groups is 1. The first-order valence-electron chi connectivity index (χ1n) is 8.65. The average Bonchev–Trinajstić information content (AvgIpc) is 2.61. The van der Waals surface area contributed by atoms with E-state index in [1.165, 1.54) is 6.07 Å². The molecule has 0 saturated carbocycles. The average molecular weight is 413 g/mol. The van der Waals surface area contributed by atoms with E-state index in [2.05, 4.69) is 10.3 Å². The molecule has 0 amide bonds. The maximum atomic E-state index is 13.3. The zero-order chi connectivity index (χ0) is 20.7. The topological polar surface area (TPSA) is 65.5 Å². The van der Waals surface area contributed by atoms with E-state index in [0.29, 0.717) is 5.82 Å². The summed E-state index contributed by atoms with van der Waals surface area (Å²) in [4.78, 5) is 16.1. The van der Waals surface area contributed by atoms with E-state index in [1.54, 1.807) is 6.07 Å². The Morgan fingerprint density at radius 1 is 1.21 bits per heavy atom. The number of aromatic nitrogens is 1. The van der Waals surface area contributed by atoms with Gasteiger partial charge in [-0.05, 0) is 31.2 Å². The highest BCUT2D eigenvalue weighted by atomic mass is 32.2. The number of carboxylic acid groups (broad SMARTS) is 1. The van der Waals surface area contributed by atoms with Crippen LogP contribution in [0.4, 0.5) is 19.0 Å².